The zero-order valence-corrected chi connectivity index (χ0v) is 11.1. The fourth-order valence-electron chi connectivity index (χ4n) is 1.67. The first-order valence-electron chi connectivity index (χ1n) is 6.01. The number of nitrogens with two attached hydrogens (primary N) is 2. The van der Waals surface area contributed by atoms with E-state index in [1.807, 2.05) is 0 Å². The average Bonchev–Trinajstić information content (AvgIpc) is 2.98. The van der Waals surface area contributed by atoms with Crippen molar-refractivity contribution in [3.8, 4) is 0 Å². The number of hydrogen-bond donors (Lipinski definition) is 4. The van der Waals surface area contributed by atoms with Crippen LogP contribution in [0.15, 0.2) is 29.8 Å². The second kappa shape index (κ2) is 5.40. The van der Waals surface area contributed by atoms with Crippen LogP contribution in [-0.4, -0.2) is 39.9 Å². The van der Waals surface area contributed by atoms with E-state index in [-0.39, 0.29) is 22.7 Å². The van der Waals surface area contributed by atoms with Crippen LogP contribution in [0.1, 0.15) is 0 Å². The second-order valence-electron chi connectivity index (χ2n) is 4.04. The molecule has 0 bridgehead atoms. The molecule has 110 valence electrons. The van der Waals surface area contributed by atoms with Gasteiger partial charge in [-0.25, -0.2) is 24.9 Å². The van der Waals surface area contributed by atoms with Crippen LogP contribution in [0.25, 0.3) is 22.3 Å². The highest BCUT2D eigenvalue weighted by Gasteiger charge is 2.01. The summed E-state index contributed by atoms with van der Waals surface area (Å²) in [6.45, 7) is 0. The number of anilines is 2. The lowest BCUT2D eigenvalue weighted by molar-refractivity contribution is 1.12. The standard InChI is InChI=1S/C6H5N5O.C5H5N5/c7-6-10-4-3(5(12)11-6)8-1-2-9-4;6-4-3-5(9-1-7-3)10-2-8-4/h1-2H,(H3,7,9,10,11,12);1-2H,(H3,6,7,8,9,10). The van der Waals surface area contributed by atoms with Crippen molar-refractivity contribution < 1.29 is 0 Å². The van der Waals surface area contributed by atoms with Gasteiger partial charge in [-0.3, -0.25) is 9.78 Å². The van der Waals surface area contributed by atoms with Crippen LogP contribution in [0.4, 0.5) is 11.8 Å². The summed E-state index contributed by atoms with van der Waals surface area (Å²) in [6, 6.07) is 0. The van der Waals surface area contributed by atoms with Gasteiger partial charge in [0.2, 0.25) is 5.95 Å². The largest absolute Gasteiger partial charge is 0.382 e. The third kappa shape index (κ3) is 2.49. The molecule has 0 spiro atoms. The Morgan fingerprint density at radius 3 is 2.59 bits per heavy atom. The number of hydrogen-bond acceptors (Lipinski definition) is 9. The predicted octanol–water partition coefficient (Wildman–Crippen LogP) is -0.770. The molecule has 0 amide bonds. The predicted molar refractivity (Wildman–Crippen MR) is 78.5 cm³/mol. The summed E-state index contributed by atoms with van der Waals surface area (Å²) in [5.41, 5.74) is 12.2. The first kappa shape index (κ1) is 13.4. The van der Waals surface area contributed by atoms with Gasteiger partial charge >= 0.3 is 0 Å². The number of aromatic amines is 2. The Morgan fingerprint density at radius 2 is 1.77 bits per heavy atom. The normalized spacial score (nSPS) is 10.4. The van der Waals surface area contributed by atoms with Crippen LogP contribution in [0, 0.1) is 0 Å². The minimum atomic E-state index is -0.370. The first-order chi connectivity index (χ1) is 10.6. The monoisotopic (exact) mass is 298 g/mol. The lowest BCUT2D eigenvalue weighted by Gasteiger charge is -1.94. The molecule has 0 aromatic carbocycles. The van der Waals surface area contributed by atoms with Crippen molar-refractivity contribution in [1.82, 2.24) is 39.9 Å². The van der Waals surface area contributed by atoms with Gasteiger partial charge in [0.25, 0.3) is 5.56 Å². The minimum absolute atomic E-state index is 0.0491. The Hall–Kier alpha value is -3.63. The molecule has 11 nitrogen and oxygen atoms in total. The van der Waals surface area contributed by atoms with Gasteiger partial charge < -0.3 is 16.5 Å². The number of rotatable bonds is 0. The van der Waals surface area contributed by atoms with Gasteiger partial charge in [-0.1, -0.05) is 0 Å². The van der Waals surface area contributed by atoms with E-state index in [1.165, 1.54) is 25.0 Å². The van der Waals surface area contributed by atoms with Gasteiger partial charge in [0, 0.05) is 12.4 Å². The molecule has 0 aliphatic carbocycles. The lowest BCUT2D eigenvalue weighted by Crippen LogP contribution is -2.12. The number of imidazole rings is 1. The quantitative estimate of drug-likeness (QED) is 0.324. The Morgan fingerprint density at radius 1 is 0.955 bits per heavy atom. The van der Waals surface area contributed by atoms with Gasteiger partial charge in [0.05, 0.1) is 6.33 Å². The lowest BCUT2D eigenvalue weighted by atomic mass is 10.5. The number of nitrogen functional groups attached to an aromatic ring is 2. The number of nitrogens with zero attached hydrogens (tertiary/aromatic N) is 6. The van der Waals surface area contributed by atoms with Crippen LogP contribution >= 0.6 is 0 Å². The van der Waals surface area contributed by atoms with Crippen molar-refractivity contribution in [2.24, 2.45) is 0 Å². The van der Waals surface area contributed by atoms with E-state index in [0.717, 1.165) is 0 Å². The third-order valence-electron chi connectivity index (χ3n) is 2.61. The second-order valence-corrected chi connectivity index (χ2v) is 4.04. The molecule has 0 radical (unpaired) electrons. The Balaban J connectivity index is 0.000000133. The maximum atomic E-state index is 11.1. The highest BCUT2D eigenvalue weighted by atomic mass is 16.1. The molecule has 6 N–H and O–H groups in total. The van der Waals surface area contributed by atoms with Crippen molar-refractivity contribution in [1.29, 1.82) is 0 Å². The summed E-state index contributed by atoms with van der Waals surface area (Å²) in [6.07, 6.45) is 5.80. The van der Waals surface area contributed by atoms with Crippen molar-refractivity contribution >= 4 is 34.1 Å². The summed E-state index contributed by atoms with van der Waals surface area (Å²) in [5.74, 6) is 0.482. The van der Waals surface area contributed by atoms with Gasteiger partial charge in [-0.05, 0) is 0 Å². The highest BCUT2D eigenvalue weighted by Crippen LogP contribution is 2.09. The molecular weight excluding hydrogens is 288 g/mol. The summed E-state index contributed by atoms with van der Waals surface area (Å²) in [7, 11) is 0. The highest BCUT2D eigenvalue weighted by molar-refractivity contribution is 5.80. The molecule has 0 saturated heterocycles. The van der Waals surface area contributed by atoms with Crippen molar-refractivity contribution in [3.63, 3.8) is 0 Å². The summed E-state index contributed by atoms with van der Waals surface area (Å²) < 4.78 is 0. The van der Waals surface area contributed by atoms with Crippen LogP contribution in [-0.2, 0) is 0 Å². The summed E-state index contributed by atoms with van der Waals surface area (Å²) in [5, 5.41) is 0. The SMILES string of the molecule is Nc1nc2nccnc2c(=O)[nH]1.Nc1ncnc2nc[nH]c12. The smallest absolute Gasteiger partial charge is 0.280 e. The zero-order valence-electron chi connectivity index (χ0n) is 11.1. The van der Waals surface area contributed by atoms with Gasteiger partial charge in [0.1, 0.15) is 11.8 Å². The van der Waals surface area contributed by atoms with Crippen molar-refractivity contribution in [2.75, 3.05) is 11.5 Å². The van der Waals surface area contributed by atoms with Gasteiger partial charge in [-0.2, -0.15) is 4.98 Å². The van der Waals surface area contributed by atoms with Crippen LogP contribution in [0.5, 0.6) is 0 Å². The van der Waals surface area contributed by atoms with Gasteiger partial charge in [0.15, 0.2) is 22.6 Å². The van der Waals surface area contributed by atoms with Crippen LogP contribution in [0.3, 0.4) is 0 Å². The fourth-order valence-corrected chi connectivity index (χ4v) is 1.67. The molecule has 0 aliphatic heterocycles. The maximum absolute atomic E-state index is 11.1. The molecule has 0 saturated carbocycles. The molecule has 4 heterocycles. The molecule has 0 unspecified atom stereocenters. The minimum Gasteiger partial charge on any atom is -0.382 e. The summed E-state index contributed by atoms with van der Waals surface area (Å²) in [4.78, 5) is 39.2. The molecular formula is C11H10N10O. The Bertz CT molecular complexity index is 991. The van der Waals surface area contributed by atoms with Crippen molar-refractivity contribution in [2.45, 2.75) is 0 Å². The molecule has 0 aliphatic rings. The Kier molecular flexibility index (Phi) is 3.28. The molecule has 4 aromatic rings. The third-order valence-corrected chi connectivity index (χ3v) is 2.61. The van der Waals surface area contributed by atoms with E-state index in [0.29, 0.717) is 17.0 Å². The van der Waals surface area contributed by atoms with E-state index < -0.39 is 0 Å². The van der Waals surface area contributed by atoms with Crippen LogP contribution in [0.2, 0.25) is 0 Å². The molecule has 0 fully saturated rings. The topological polar surface area (TPSA) is 178 Å². The van der Waals surface area contributed by atoms with E-state index in [2.05, 4.69) is 39.9 Å². The van der Waals surface area contributed by atoms with Crippen LogP contribution < -0.4 is 17.0 Å². The number of nitrogens with one attached hydrogen (secondary N) is 2. The fraction of sp³-hybridized carbons (Fsp3) is 0. The molecule has 11 heteroatoms. The van der Waals surface area contributed by atoms with E-state index in [1.54, 1.807) is 0 Å². The summed E-state index contributed by atoms with van der Waals surface area (Å²) >= 11 is 0. The zero-order chi connectivity index (χ0) is 15.5. The molecule has 22 heavy (non-hydrogen) atoms. The van der Waals surface area contributed by atoms with E-state index in [4.69, 9.17) is 11.5 Å². The number of fused-ring (bicyclic) bond motifs is 2. The average molecular weight is 298 g/mol. The first-order valence-corrected chi connectivity index (χ1v) is 6.01. The van der Waals surface area contributed by atoms with E-state index >= 15 is 0 Å². The molecule has 4 aromatic heterocycles. The van der Waals surface area contributed by atoms with Crippen molar-refractivity contribution in [3.05, 3.63) is 35.4 Å². The number of H-pyrrole nitrogens is 2. The van der Waals surface area contributed by atoms with Gasteiger partial charge in [-0.15, -0.1) is 0 Å². The Labute approximate surface area is 121 Å². The molecule has 4 rings (SSSR count). The maximum Gasteiger partial charge on any atom is 0.280 e. The molecule has 0 atom stereocenters. The number of aromatic nitrogens is 8. The van der Waals surface area contributed by atoms with E-state index in [9.17, 15) is 4.79 Å².